The first kappa shape index (κ1) is 14.3. The number of carbonyl (C=O) groups excluding carboxylic acids is 1. The summed E-state index contributed by atoms with van der Waals surface area (Å²) in [6, 6.07) is 9.69. The van der Waals surface area contributed by atoms with Gasteiger partial charge in [0, 0.05) is 18.0 Å². The van der Waals surface area contributed by atoms with Crippen LogP contribution >= 0.6 is 11.6 Å². The Labute approximate surface area is 122 Å². The monoisotopic (exact) mass is 290 g/mol. The van der Waals surface area contributed by atoms with E-state index in [0.717, 1.165) is 11.3 Å². The van der Waals surface area contributed by atoms with E-state index in [-0.39, 0.29) is 11.5 Å². The highest BCUT2D eigenvalue weighted by atomic mass is 35.5. The number of nitrogens with one attached hydrogen (secondary N) is 1. The first-order valence-electron chi connectivity index (χ1n) is 6.23. The van der Waals surface area contributed by atoms with Gasteiger partial charge >= 0.3 is 0 Å². The van der Waals surface area contributed by atoms with Gasteiger partial charge in [0.15, 0.2) is 0 Å². The summed E-state index contributed by atoms with van der Waals surface area (Å²) in [6.07, 6.45) is 1.46. The van der Waals surface area contributed by atoms with Crippen molar-refractivity contribution in [1.82, 2.24) is 4.57 Å². The molecule has 0 spiro atoms. The topological polar surface area (TPSA) is 51.1 Å². The molecule has 2 rings (SSSR count). The van der Waals surface area contributed by atoms with E-state index < -0.39 is 6.04 Å². The molecule has 0 aliphatic carbocycles. The molecule has 1 N–H and O–H groups in total. The molecule has 1 aromatic carbocycles. The van der Waals surface area contributed by atoms with Gasteiger partial charge in [0.25, 0.3) is 5.56 Å². The average molecular weight is 291 g/mol. The molecule has 0 saturated carbocycles. The van der Waals surface area contributed by atoms with Crippen molar-refractivity contribution in [2.24, 2.45) is 0 Å². The summed E-state index contributed by atoms with van der Waals surface area (Å²) < 4.78 is 1.32. The highest BCUT2D eigenvalue weighted by Crippen LogP contribution is 2.16. The van der Waals surface area contributed by atoms with E-state index in [1.807, 2.05) is 31.2 Å². The number of aryl methyl sites for hydroxylation is 1. The van der Waals surface area contributed by atoms with Gasteiger partial charge in [-0.2, -0.15) is 0 Å². The van der Waals surface area contributed by atoms with Crippen LogP contribution in [0.5, 0.6) is 0 Å². The molecule has 0 radical (unpaired) electrons. The van der Waals surface area contributed by atoms with Crippen LogP contribution in [0, 0.1) is 6.92 Å². The van der Waals surface area contributed by atoms with Crippen LogP contribution in [0.25, 0.3) is 0 Å². The first-order chi connectivity index (χ1) is 9.49. The zero-order valence-electron chi connectivity index (χ0n) is 11.3. The predicted octanol–water partition coefficient (Wildman–Crippen LogP) is 3.01. The minimum absolute atomic E-state index is 0.260. The third-order valence-electron chi connectivity index (χ3n) is 3.10. The molecule has 1 aromatic heterocycles. The lowest BCUT2D eigenvalue weighted by Crippen LogP contribution is -2.31. The van der Waals surface area contributed by atoms with E-state index in [2.05, 4.69) is 5.32 Å². The maximum Gasteiger partial charge on any atom is 0.251 e. The van der Waals surface area contributed by atoms with Crippen LogP contribution in [0.1, 0.15) is 18.5 Å². The van der Waals surface area contributed by atoms with Gasteiger partial charge in [-0.25, -0.2) is 0 Å². The maximum absolute atomic E-state index is 12.2. The SMILES string of the molecule is Cc1ccccc1NC(=O)C(C)n1cc(Cl)ccc1=O. The third kappa shape index (κ3) is 3.08. The molecule has 2 aromatic rings. The van der Waals surface area contributed by atoms with Crippen molar-refractivity contribution < 1.29 is 4.79 Å². The Hall–Kier alpha value is -2.07. The van der Waals surface area contributed by atoms with Gasteiger partial charge in [-0.3, -0.25) is 9.59 Å². The molecular weight excluding hydrogens is 276 g/mol. The van der Waals surface area contributed by atoms with E-state index in [9.17, 15) is 9.59 Å². The molecule has 0 aliphatic rings. The largest absolute Gasteiger partial charge is 0.324 e. The maximum atomic E-state index is 12.2. The van der Waals surface area contributed by atoms with Gasteiger partial charge in [0.05, 0.1) is 5.02 Å². The van der Waals surface area contributed by atoms with E-state index in [4.69, 9.17) is 11.6 Å². The van der Waals surface area contributed by atoms with Gasteiger partial charge in [-0.15, -0.1) is 0 Å². The number of rotatable bonds is 3. The van der Waals surface area contributed by atoms with E-state index >= 15 is 0 Å². The van der Waals surface area contributed by atoms with Gasteiger partial charge in [0.2, 0.25) is 5.91 Å². The number of hydrogen-bond acceptors (Lipinski definition) is 2. The van der Waals surface area contributed by atoms with Crippen LogP contribution in [0.15, 0.2) is 47.4 Å². The Balaban J connectivity index is 2.23. The van der Waals surface area contributed by atoms with Crippen LogP contribution in [-0.2, 0) is 4.79 Å². The number of carbonyl (C=O) groups is 1. The number of hydrogen-bond donors (Lipinski definition) is 1. The highest BCUT2D eigenvalue weighted by Gasteiger charge is 2.16. The summed E-state index contributed by atoms with van der Waals surface area (Å²) in [4.78, 5) is 24.0. The second-order valence-corrected chi connectivity index (χ2v) is 5.01. The molecule has 0 aliphatic heterocycles. The number of aromatic nitrogens is 1. The predicted molar refractivity (Wildman–Crippen MR) is 80.2 cm³/mol. The van der Waals surface area contributed by atoms with Crippen molar-refractivity contribution in [3.05, 3.63) is 63.5 Å². The molecule has 1 unspecified atom stereocenters. The van der Waals surface area contributed by atoms with Crippen LogP contribution in [-0.4, -0.2) is 10.5 Å². The number of anilines is 1. The quantitative estimate of drug-likeness (QED) is 0.945. The number of para-hydroxylation sites is 1. The Bertz CT molecular complexity index is 694. The molecule has 1 amide bonds. The lowest BCUT2D eigenvalue weighted by atomic mass is 10.2. The van der Waals surface area contributed by atoms with Crippen LogP contribution in [0.4, 0.5) is 5.69 Å². The van der Waals surface area contributed by atoms with Gasteiger partial charge in [0.1, 0.15) is 6.04 Å². The molecule has 1 heterocycles. The van der Waals surface area contributed by atoms with Gasteiger partial charge in [-0.1, -0.05) is 29.8 Å². The minimum Gasteiger partial charge on any atom is -0.324 e. The molecule has 1 atom stereocenters. The second kappa shape index (κ2) is 5.92. The molecule has 104 valence electrons. The number of pyridine rings is 1. The van der Waals surface area contributed by atoms with Crippen molar-refractivity contribution in [3.63, 3.8) is 0 Å². The van der Waals surface area contributed by atoms with Crippen molar-refractivity contribution in [3.8, 4) is 0 Å². The molecular formula is C15H15ClN2O2. The Morgan fingerprint density at radius 2 is 1.95 bits per heavy atom. The summed E-state index contributed by atoms with van der Waals surface area (Å²) in [5.74, 6) is -0.260. The Kier molecular flexibility index (Phi) is 4.25. The molecule has 5 heteroatoms. The van der Waals surface area contributed by atoms with Gasteiger partial charge < -0.3 is 9.88 Å². The fourth-order valence-corrected chi connectivity index (χ4v) is 2.02. The zero-order valence-corrected chi connectivity index (χ0v) is 12.0. The molecule has 0 bridgehead atoms. The van der Waals surface area contributed by atoms with E-state index in [0.29, 0.717) is 5.02 Å². The van der Waals surface area contributed by atoms with Crippen LogP contribution in [0.2, 0.25) is 5.02 Å². The summed E-state index contributed by atoms with van der Waals surface area (Å²) >= 11 is 5.86. The summed E-state index contributed by atoms with van der Waals surface area (Å²) in [6.45, 7) is 3.57. The highest BCUT2D eigenvalue weighted by molar-refractivity contribution is 6.30. The average Bonchev–Trinajstić information content (AvgIpc) is 2.43. The lowest BCUT2D eigenvalue weighted by Gasteiger charge is -2.16. The molecule has 0 saturated heterocycles. The minimum atomic E-state index is -0.638. The smallest absolute Gasteiger partial charge is 0.251 e. The molecule has 20 heavy (non-hydrogen) atoms. The number of benzene rings is 1. The second-order valence-electron chi connectivity index (χ2n) is 4.57. The normalized spacial score (nSPS) is 11.9. The van der Waals surface area contributed by atoms with Crippen LogP contribution < -0.4 is 10.9 Å². The molecule has 4 nitrogen and oxygen atoms in total. The summed E-state index contributed by atoms with van der Waals surface area (Å²) in [5.41, 5.74) is 1.44. The third-order valence-corrected chi connectivity index (χ3v) is 3.33. The van der Waals surface area contributed by atoms with E-state index in [1.54, 1.807) is 6.92 Å². The van der Waals surface area contributed by atoms with Crippen molar-refractivity contribution in [1.29, 1.82) is 0 Å². The van der Waals surface area contributed by atoms with Crippen molar-refractivity contribution in [2.75, 3.05) is 5.32 Å². The van der Waals surface area contributed by atoms with Gasteiger partial charge in [-0.05, 0) is 31.5 Å². The fraction of sp³-hybridized carbons (Fsp3) is 0.200. The Morgan fingerprint density at radius 3 is 2.65 bits per heavy atom. The number of amides is 1. The Morgan fingerprint density at radius 1 is 1.25 bits per heavy atom. The van der Waals surface area contributed by atoms with E-state index in [1.165, 1.54) is 22.9 Å². The lowest BCUT2D eigenvalue weighted by molar-refractivity contribution is -0.118. The first-order valence-corrected chi connectivity index (χ1v) is 6.61. The number of nitrogens with zero attached hydrogens (tertiary/aromatic N) is 1. The fourth-order valence-electron chi connectivity index (χ4n) is 1.86. The van der Waals surface area contributed by atoms with Crippen LogP contribution in [0.3, 0.4) is 0 Å². The summed E-state index contributed by atoms with van der Waals surface area (Å²) in [7, 11) is 0. The van der Waals surface area contributed by atoms with Crippen molar-refractivity contribution >= 4 is 23.2 Å². The zero-order chi connectivity index (χ0) is 14.7. The summed E-state index contributed by atoms with van der Waals surface area (Å²) in [5, 5.41) is 3.23. The molecule has 0 fully saturated rings. The van der Waals surface area contributed by atoms with Crippen molar-refractivity contribution in [2.45, 2.75) is 19.9 Å². The standard InChI is InChI=1S/C15H15ClN2O2/c1-10-5-3-4-6-13(10)17-15(20)11(2)18-9-12(16)7-8-14(18)19/h3-9,11H,1-2H3,(H,17,20). The number of halogens is 1.